The van der Waals surface area contributed by atoms with Crippen LogP contribution >= 0.6 is 0 Å². The molecule has 1 aromatic rings. The molecule has 1 aromatic carbocycles. The van der Waals surface area contributed by atoms with Gasteiger partial charge < -0.3 is 20.5 Å². The van der Waals surface area contributed by atoms with Crippen molar-refractivity contribution in [1.29, 1.82) is 0 Å². The third-order valence-electron chi connectivity index (χ3n) is 3.91. The molecule has 2 saturated heterocycles. The Hall–Kier alpha value is -1.26. The number of morpholine rings is 1. The Labute approximate surface area is 107 Å². The van der Waals surface area contributed by atoms with Crippen LogP contribution in [0.3, 0.4) is 0 Å². The van der Waals surface area contributed by atoms with Crippen LogP contribution in [0.25, 0.3) is 0 Å². The van der Waals surface area contributed by atoms with Crippen molar-refractivity contribution in [1.82, 2.24) is 0 Å². The van der Waals surface area contributed by atoms with Crippen molar-refractivity contribution in [3.05, 3.63) is 23.8 Å². The third-order valence-corrected chi connectivity index (χ3v) is 3.91. The molecule has 0 spiro atoms. The van der Waals surface area contributed by atoms with Crippen molar-refractivity contribution in [2.45, 2.75) is 38.0 Å². The molecule has 3 atom stereocenters. The maximum atomic E-state index is 10.0. The summed E-state index contributed by atoms with van der Waals surface area (Å²) in [5.41, 5.74) is 7.67. The number of anilines is 1. The Morgan fingerprint density at radius 2 is 2.00 bits per heavy atom. The highest BCUT2D eigenvalue weighted by Crippen LogP contribution is 2.33. The van der Waals surface area contributed by atoms with Crippen LogP contribution in [0.4, 0.5) is 5.69 Å². The summed E-state index contributed by atoms with van der Waals surface area (Å²) >= 11 is 0. The molecule has 0 saturated carbocycles. The van der Waals surface area contributed by atoms with E-state index in [1.165, 1.54) is 0 Å². The average Bonchev–Trinajstić information content (AvgIpc) is 2.67. The van der Waals surface area contributed by atoms with E-state index in [0.29, 0.717) is 18.0 Å². The van der Waals surface area contributed by atoms with E-state index in [2.05, 4.69) is 4.90 Å². The number of phenols is 1. The Morgan fingerprint density at radius 1 is 1.33 bits per heavy atom. The van der Waals surface area contributed by atoms with Gasteiger partial charge in [0.05, 0.1) is 12.2 Å². The highest BCUT2D eigenvalue weighted by molar-refractivity contribution is 5.54. The van der Waals surface area contributed by atoms with Gasteiger partial charge in [0, 0.05) is 36.4 Å². The fourth-order valence-electron chi connectivity index (χ4n) is 2.94. The van der Waals surface area contributed by atoms with Gasteiger partial charge in [-0.15, -0.1) is 0 Å². The first-order chi connectivity index (χ1) is 8.63. The number of nitrogens with two attached hydrogens (primary N) is 1. The van der Waals surface area contributed by atoms with Crippen LogP contribution in [-0.2, 0) is 4.74 Å². The third kappa shape index (κ3) is 2.06. The van der Waals surface area contributed by atoms with Crippen LogP contribution in [0.2, 0.25) is 0 Å². The van der Waals surface area contributed by atoms with Crippen molar-refractivity contribution in [3.63, 3.8) is 0 Å². The lowest BCUT2D eigenvalue weighted by atomic mass is 10.1. The zero-order valence-electron chi connectivity index (χ0n) is 10.7. The van der Waals surface area contributed by atoms with Crippen LogP contribution in [0.5, 0.6) is 5.75 Å². The summed E-state index contributed by atoms with van der Waals surface area (Å²) in [7, 11) is 0. The van der Waals surface area contributed by atoms with E-state index in [9.17, 15) is 5.11 Å². The summed E-state index contributed by atoms with van der Waals surface area (Å²) in [5, 5.41) is 10.0. The molecule has 0 amide bonds. The predicted molar refractivity (Wildman–Crippen MR) is 70.8 cm³/mol. The van der Waals surface area contributed by atoms with Gasteiger partial charge in [0.1, 0.15) is 5.75 Å². The van der Waals surface area contributed by atoms with Crippen LogP contribution < -0.4 is 10.6 Å². The average molecular weight is 248 g/mol. The molecular formula is C14H20N2O2. The number of nitrogens with zero attached hydrogens (tertiary/aromatic N) is 1. The molecule has 2 bridgehead atoms. The van der Waals surface area contributed by atoms with E-state index < -0.39 is 0 Å². The van der Waals surface area contributed by atoms with E-state index in [1.54, 1.807) is 0 Å². The molecule has 3 unspecified atom stereocenters. The summed E-state index contributed by atoms with van der Waals surface area (Å²) in [6.07, 6.45) is 3.04. The van der Waals surface area contributed by atoms with Gasteiger partial charge in [0.15, 0.2) is 0 Å². The minimum atomic E-state index is -0.139. The van der Waals surface area contributed by atoms with Crippen molar-refractivity contribution in [2.24, 2.45) is 5.73 Å². The van der Waals surface area contributed by atoms with Crippen LogP contribution in [0.15, 0.2) is 18.2 Å². The molecule has 3 rings (SSSR count). The maximum Gasteiger partial charge on any atom is 0.122 e. The van der Waals surface area contributed by atoms with Crippen LogP contribution in [0, 0.1) is 0 Å². The predicted octanol–water partition coefficient (Wildman–Crippen LogP) is 1.78. The van der Waals surface area contributed by atoms with Gasteiger partial charge in [-0.2, -0.15) is 0 Å². The minimum Gasteiger partial charge on any atom is -0.508 e. The first-order valence-corrected chi connectivity index (χ1v) is 6.62. The number of ether oxygens (including phenoxy) is 1. The number of rotatable bonds is 2. The van der Waals surface area contributed by atoms with E-state index in [4.69, 9.17) is 10.5 Å². The number of benzene rings is 1. The summed E-state index contributed by atoms with van der Waals surface area (Å²) in [6.45, 7) is 3.73. The molecule has 0 aromatic heterocycles. The van der Waals surface area contributed by atoms with Gasteiger partial charge >= 0.3 is 0 Å². The molecule has 2 fully saturated rings. The minimum absolute atomic E-state index is 0.139. The van der Waals surface area contributed by atoms with Crippen LogP contribution in [-0.4, -0.2) is 30.4 Å². The molecule has 2 aliphatic rings. The highest BCUT2D eigenvalue weighted by atomic mass is 16.5. The van der Waals surface area contributed by atoms with E-state index in [0.717, 1.165) is 37.2 Å². The van der Waals surface area contributed by atoms with Gasteiger partial charge in [-0.05, 0) is 25.8 Å². The summed E-state index contributed by atoms with van der Waals surface area (Å²) in [4.78, 5) is 2.30. The second-order valence-electron chi connectivity index (χ2n) is 5.39. The zero-order valence-corrected chi connectivity index (χ0v) is 10.7. The second kappa shape index (κ2) is 4.44. The molecule has 18 heavy (non-hydrogen) atoms. The normalized spacial score (nSPS) is 28.4. The highest BCUT2D eigenvalue weighted by Gasteiger charge is 2.33. The Bertz CT molecular complexity index is 435. The Kier molecular flexibility index (Phi) is 2.92. The van der Waals surface area contributed by atoms with E-state index in [-0.39, 0.29) is 6.04 Å². The molecule has 4 nitrogen and oxygen atoms in total. The van der Waals surface area contributed by atoms with Gasteiger partial charge in [-0.25, -0.2) is 0 Å². The molecule has 98 valence electrons. The largest absolute Gasteiger partial charge is 0.508 e. The zero-order chi connectivity index (χ0) is 12.7. The molecule has 4 heteroatoms. The number of phenolic OH excluding ortho intramolecular Hbond substituents is 1. The quantitative estimate of drug-likeness (QED) is 0.837. The molecule has 3 N–H and O–H groups in total. The fraction of sp³-hybridized carbons (Fsp3) is 0.571. The molecular weight excluding hydrogens is 228 g/mol. The van der Waals surface area contributed by atoms with Crippen molar-refractivity contribution < 1.29 is 9.84 Å². The lowest BCUT2D eigenvalue weighted by Crippen LogP contribution is -2.42. The lowest BCUT2D eigenvalue weighted by Gasteiger charge is -2.34. The van der Waals surface area contributed by atoms with Crippen molar-refractivity contribution in [3.8, 4) is 5.75 Å². The molecule has 0 radical (unpaired) electrons. The molecule has 2 heterocycles. The van der Waals surface area contributed by atoms with Crippen LogP contribution in [0.1, 0.15) is 31.4 Å². The van der Waals surface area contributed by atoms with Gasteiger partial charge in [0.25, 0.3) is 0 Å². The second-order valence-corrected chi connectivity index (χ2v) is 5.39. The Morgan fingerprint density at radius 3 is 2.56 bits per heavy atom. The van der Waals surface area contributed by atoms with E-state index >= 15 is 0 Å². The monoisotopic (exact) mass is 248 g/mol. The number of hydrogen-bond donors (Lipinski definition) is 2. The summed E-state index contributed by atoms with van der Waals surface area (Å²) in [5.74, 6) is 0.293. The van der Waals surface area contributed by atoms with Gasteiger partial charge in [0.2, 0.25) is 0 Å². The fourth-order valence-corrected chi connectivity index (χ4v) is 2.94. The van der Waals surface area contributed by atoms with Gasteiger partial charge in [-0.3, -0.25) is 0 Å². The first-order valence-electron chi connectivity index (χ1n) is 6.62. The lowest BCUT2D eigenvalue weighted by molar-refractivity contribution is 0.0305. The number of fused-ring (bicyclic) bond motifs is 2. The molecule has 0 aliphatic carbocycles. The first kappa shape index (κ1) is 11.8. The van der Waals surface area contributed by atoms with Gasteiger partial charge in [-0.1, -0.05) is 6.07 Å². The SMILES string of the molecule is CC(N)c1ccc(N2CC3CCC(C2)O3)cc1O. The topological polar surface area (TPSA) is 58.7 Å². The smallest absolute Gasteiger partial charge is 0.122 e. The van der Waals surface area contributed by atoms with E-state index in [1.807, 2.05) is 25.1 Å². The summed E-state index contributed by atoms with van der Waals surface area (Å²) < 4.78 is 5.82. The van der Waals surface area contributed by atoms with Crippen molar-refractivity contribution >= 4 is 5.69 Å². The summed E-state index contributed by atoms with van der Waals surface area (Å²) in [6, 6.07) is 5.65. The number of aromatic hydroxyl groups is 1. The maximum absolute atomic E-state index is 10.0. The number of hydrogen-bond acceptors (Lipinski definition) is 4. The standard InChI is InChI=1S/C14H20N2O2/c1-9(15)13-5-2-10(6-14(13)17)16-7-11-3-4-12(8-16)18-11/h2,5-6,9,11-12,17H,3-4,7-8,15H2,1H3. The molecule has 2 aliphatic heterocycles. The Balaban J connectivity index is 1.82. The van der Waals surface area contributed by atoms with Crippen molar-refractivity contribution in [2.75, 3.05) is 18.0 Å².